The number of nitrogens with zero attached hydrogens (tertiary/aromatic N) is 4. The molecule has 1 heterocycles. The van der Waals surface area contributed by atoms with Crippen LogP contribution in [-0.4, -0.2) is 40.8 Å². The van der Waals surface area contributed by atoms with Crippen molar-refractivity contribution in [3.63, 3.8) is 0 Å². The number of aliphatic hydroxyl groups is 1. The normalized spacial score (nSPS) is 14.9. The Balaban J connectivity index is 1.67. The summed E-state index contributed by atoms with van der Waals surface area (Å²) in [7, 11) is 0. The molecule has 0 unspecified atom stereocenters. The maximum Gasteiger partial charge on any atom is 0.133 e. The van der Waals surface area contributed by atoms with Crippen LogP contribution in [0.25, 0.3) is 0 Å². The van der Waals surface area contributed by atoms with Gasteiger partial charge in [0.05, 0.1) is 24.7 Å². The minimum atomic E-state index is -0.0799. The summed E-state index contributed by atoms with van der Waals surface area (Å²) in [5.41, 5.74) is 2.75. The Morgan fingerprint density at radius 2 is 1.43 bits per heavy atom. The zero-order chi connectivity index (χ0) is 15.9. The van der Waals surface area contributed by atoms with E-state index in [4.69, 9.17) is 0 Å². The molecule has 1 aliphatic rings. The summed E-state index contributed by atoms with van der Waals surface area (Å²) >= 11 is 0. The summed E-state index contributed by atoms with van der Waals surface area (Å²) in [5.74, 6) is 0. The van der Waals surface area contributed by atoms with E-state index in [1.807, 2.05) is 60.7 Å². The van der Waals surface area contributed by atoms with Crippen molar-refractivity contribution in [2.75, 3.05) is 13.3 Å². The van der Waals surface area contributed by atoms with E-state index < -0.39 is 0 Å². The number of hydrazone groups is 2. The third-order valence-electron chi connectivity index (χ3n) is 3.37. The highest BCUT2D eigenvalue weighted by Gasteiger charge is 2.18. The van der Waals surface area contributed by atoms with Crippen molar-refractivity contribution in [2.45, 2.75) is 0 Å². The second kappa shape index (κ2) is 7.38. The highest BCUT2D eigenvalue weighted by Crippen LogP contribution is 2.16. The van der Waals surface area contributed by atoms with Crippen LogP contribution >= 0.6 is 0 Å². The van der Waals surface area contributed by atoms with E-state index in [1.165, 1.54) is 0 Å². The lowest BCUT2D eigenvalue weighted by atomic mass is 10.2. The Kier molecular flexibility index (Phi) is 4.81. The van der Waals surface area contributed by atoms with E-state index >= 15 is 0 Å². The second-order valence-corrected chi connectivity index (χ2v) is 5.07. The Morgan fingerprint density at radius 1 is 0.870 bits per heavy atom. The molecule has 5 nitrogen and oxygen atoms in total. The van der Waals surface area contributed by atoms with Gasteiger partial charge in [-0.3, -0.25) is 0 Å². The third kappa shape index (κ3) is 4.05. The van der Waals surface area contributed by atoms with Crippen LogP contribution < -0.4 is 0 Å². The van der Waals surface area contributed by atoms with Crippen molar-refractivity contribution in [3.8, 4) is 0 Å². The van der Waals surface area contributed by atoms with Crippen LogP contribution in [0, 0.1) is 0 Å². The molecule has 0 bridgehead atoms. The van der Waals surface area contributed by atoms with Gasteiger partial charge in [0.15, 0.2) is 0 Å². The van der Waals surface area contributed by atoms with Crippen LogP contribution in [-0.2, 0) is 0 Å². The summed E-state index contributed by atoms with van der Waals surface area (Å²) < 4.78 is 0. The summed E-state index contributed by atoms with van der Waals surface area (Å²) in [4.78, 5) is 0. The topological polar surface area (TPSA) is 51.4 Å². The molecule has 0 spiro atoms. The van der Waals surface area contributed by atoms with Gasteiger partial charge in [0, 0.05) is 6.20 Å². The molecule has 0 fully saturated rings. The van der Waals surface area contributed by atoms with Crippen LogP contribution in [0.2, 0.25) is 0 Å². The van der Waals surface area contributed by atoms with E-state index in [-0.39, 0.29) is 6.61 Å². The molecule has 0 saturated carbocycles. The number of hydrogen-bond acceptors (Lipinski definition) is 5. The molecule has 116 valence electrons. The van der Waals surface area contributed by atoms with Gasteiger partial charge in [0.2, 0.25) is 0 Å². The van der Waals surface area contributed by atoms with E-state index in [9.17, 15) is 5.11 Å². The molecule has 5 heteroatoms. The Morgan fingerprint density at radius 3 is 2.00 bits per heavy atom. The van der Waals surface area contributed by atoms with Gasteiger partial charge in [0.1, 0.15) is 6.67 Å². The van der Waals surface area contributed by atoms with Crippen molar-refractivity contribution in [3.05, 3.63) is 83.7 Å². The number of hydrogen-bond donors (Lipinski definition) is 1. The first-order valence-electron chi connectivity index (χ1n) is 7.39. The zero-order valence-corrected chi connectivity index (χ0v) is 12.7. The van der Waals surface area contributed by atoms with Crippen LogP contribution in [0.4, 0.5) is 0 Å². The fourth-order valence-corrected chi connectivity index (χ4v) is 2.17. The van der Waals surface area contributed by atoms with Crippen molar-refractivity contribution >= 4 is 12.4 Å². The second-order valence-electron chi connectivity index (χ2n) is 5.07. The van der Waals surface area contributed by atoms with Gasteiger partial charge in [-0.1, -0.05) is 60.7 Å². The number of benzene rings is 2. The van der Waals surface area contributed by atoms with E-state index in [2.05, 4.69) is 10.2 Å². The molecular weight excluding hydrogens is 288 g/mol. The molecule has 0 aliphatic carbocycles. The molecule has 0 aromatic heterocycles. The quantitative estimate of drug-likeness (QED) is 0.863. The molecule has 0 amide bonds. The summed E-state index contributed by atoms with van der Waals surface area (Å²) in [5, 5.41) is 21.8. The maximum atomic E-state index is 9.47. The molecule has 23 heavy (non-hydrogen) atoms. The molecule has 1 aliphatic heterocycles. The van der Waals surface area contributed by atoms with Gasteiger partial charge >= 0.3 is 0 Å². The summed E-state index contributed by atoms with van der Waals surface area (Å²) in [6.45, 7) is 0.395. The first-order valence-corrected chi connectivity index (χ1v) is 7.39. The number of aliphatic hydroxyl groups excluding tert-OH is 1. The Hall–Kier alpha value is -2.92. The molecule has 2 aromatic carbocycles. The van der Waals surface area contributed by atoms with Gasteiger partial charge in [-0.2, -0.15) is 10.2 Å². The number of rotatable bonds is 5. The highest BCUT2D eigenvalue weighted by molar-refractivity contribution is 5.79. The maximum absolute atomic E-state index is 9.47. The van der Waals surface area contributed by atoms with E-state index in [1.54, 1.807) is 28.6 Å². The Labute approximate surface area is 135 Å². The Bertz CT molecular complexity index is 710. The van der Waals surface area contributed by atoms with Crippen molar-refractivity contribution < 1.29 is 5.11 Å². The zero-order valence-electron chi connectivity index (χ0n) is 12.7. The lowest BCUT2D eigenvalue weighted by molar-refractivity contribution is 0.235. The average Bonchev–Trinajstić information content (AvgIpc) is 3.02. The fraction of sp³-hybridized carbons (Fsp3) is 0.111. The van der Waals surface area contributed by atoms with Crippen LogP contribution in [0.5, 0.6) is 0 Å². The van der Waals surface area contributed by atoms with Gasteiger partial charge in [0.25, 0.3) is 0 Å². The van der Waals surface area contributed by atoms with Crippen molar-refractivity contribution in [2.24, 2.45) is 10.2 Å². The molecular formula is C18H18N4O. The predicted octanol–water partition coefficient (Wildman–Crippen LogP) is 2.46. The van der Waals surface area contributed by atoms with Gasteiger partial charge in [-0.05, 0) is 11.1 Å². The first-order chi connectivity index (χ1) is 11.3. The standard InChI is InChI=1S/C18H18N4O/c23-14-18-13-21(19-11-16-7-3-1-4-8-16)15-22(18)20-12-17-9-5-2-6-10-17/h1-13,23H,14-15H2. The lowest BCUT2D eigenvalue weighted by Crippen LogP contribution is -2.21. The fourth-order valence-electron chi connectivity index (χ4n) is 2.17. The molecule has 0 atom stereocenters. The highest BCUT2D eigenvalue weighted by atomic mass is 16.3. The predicted molar refractivity (Wildman–Crippen MR) is 91.8 cm³/mol. The third-order valence-corrected chi connectivity index (χ3v) is 3.37. The first kappa shape index (κ1) is 15.0. The largest absolute Gasteiger partial charge is 0.390 e. The van der Waals surface area contributed by atoms with Crippen LogP contribution in [0.15, 0.2) is 82.8 Å². The SMILES string of the molecule is OCC1=CN(N=Cc2ccccc2)CN1N=Cc1ccccc1. The van der Waals surface area contributed by atoms with E-state index in [0.29, 0.717) is 12.4 Å². The smallest absolute Gasteiger partial charge is 0.133 e. The molecule has 0 saturated heterocycles. The van der Waals surface area contributed by atoms with Gasteiger partial charge < -0.3 is 5.11 Å². The lowest BCUT2D eigenvalue weighted by Gasteiger charge is -2.15. The van der Waals surface area contributed by atoms with Crippen molar-refractivity contribution in [1.82, 2.24) is 10.0 Å². The summed E-state index contributed by atoms with van der Waals surface area (Å²) in [6.07, 6.45) is 5.35. The molecule has 1 N–H and O–H groups in total. The average molecular weight is 306 g/mol. The molecule has 0 radical (unpaired) electrons. The molecule has 2 aromatic rings. The minimum Gasteiger partial charge on any atom is -0.390 e. The van der Waals surface area contributed by atoms with E-state index in [0.717, 1.165) is 11.1 Å². The van der Waals surface area contributed by atoms with Crippen LogP contribution in [0.1, 0.15) is 11.1 Å². The van der Waals surface area contributed by atoms with Gasteiger partial charge in [-0.25, -0.2) is 10.0 Å². The van der Waals surface area contributed by atoms with Crippen LogP contribution in [0.3, 0.4) is 0 Å². The minimum absolute atomic E-state index is 0.0799. The van der Waals surface area contributed by atoms with Gasteiger partial charge in [-0.15, -0.1) is 0 Å². The summed E-state index contributed by atoms with van der Waals surface area (Å²) in [6, 6.07) is 19.7. The molecule has 3 rings (SSSR count). The van der Waals surface area contributed by atoms with Crippen molar-refractivity contribution in [1.29, 1.82) is 0 Å². The monoisotopic (exact) mass is 306 g/mol.